The van der Waals surface area contributed by atoms with E-state index in [0.29, 0.717) is 22.2 Å². The maximum atomic E-state index is 12.2. The van der Waals surface area contributed by atoms with Gasteiger partial charge in [0.05, 0.1) is 7.11 Å². The summed E-state index contributed by atoms with van der Waals surface area (Å²) >= 11 is 1.45. The Kier molecular flexibility index (Phi) is 4.91. The molecule has 0 N–H and O–H groups in total. The van der Waals surface area contributed by atoms with Crippen molar-refractivity contribution in [2.24, 2.45) is 0 Å². The van der Waals surface area contributed by atoms with E-state index in [9.17, 15) is 4.79 Å². The number of fused-ring (bicyclic) bond motifs is 3. The van der Waals surface area contributed by atoms with Gasteiger partial charge in [-0.2, -0.15) is 4.68 Å². The number of aromatic nitrogens is 4. The maximum absolute atomic E-state index is 12.2. The second kappa shape index (κ2) is 7.88. The number of methoxy groups -OCH3 is 1. The quantitative estimate of drug-likeness (QED) is 0.230. The van der Waals surface area contributed by atoms with Gasteiger partial charge >= 0.3 is 5.63 Å². The van der Waals surface area contributed by atoms with Crippen molar-refractivity contribution in [3.05, 3.63) is 82.2 Å². The van der Waals surface area contributed by atoms with Crippen LogP contribution in [0.25, 0.3) is 27.4 Å². The van der Waals surface area contributed by atoms with E-state index < -0.39 is 0 Å². The van der Waals surface area contributed by atoms with Gasteiger partial charge in [0.1, 0.15) is 17.0 Å². The lowest BCUT2D eigenvalue weighted by atomic mass is 10.0. The number of rotatable bonds is 5. The molecule has 0 saturated carbocycles. The molecule has 154 valence electrons. The lowest BCUT2D eigenvalue weighted by molar-refractivity contribution is 0.410. The summed E-state index contributed by atoms with van der Waals surface area (Å²) in [6.45, 7) is 2.00. The molecule has 31 heavy (non-hydrogen) atoms. The van der Waals surface area contributed by atoms with Crippen LogP contribution in [0.1, 0.15) is 11.1 Å². The third kappa shape index (κ3) is 3.55. The van der Waals surface area contributed by atoms with Crippen molar-refractivity contribution in [1.29, 1.82) is 0 Å². The van der Waals surface area contributed by atoms with Crippen LogP contribution in [0.15, 0.2) is 75.0 Å². The number of nitrogens with zero attached hydrogens (tertiary/aromatic N) is 4. The summed E-state index contributed by atoms with van der Waals surface area (Å²) in [5.41, 5.74) is 2.90. The highest BCUT2D eigenvalue weighted by Gasteiger charge is 2.16. The zero-order chi connectivity index (χ0) is 21.4. The molecule has 0 fully saturated rings. The molecule has 2 aromatic heterocycles. The number of hydrogen-bond donors (Lipinski definition) is 0. The SMILES string of the molecule is COc1ccc(C)cc1-n1nnnc1SCc1cc(=O)oc2ccc3ccccc3c12. The molecule has 0 bridgehead atoms. The molecule has 0 unspecified atom stereocenters. The normalized spacial score (nSPS) is 11.3. The molecule has 0 radical (unpaired) electrons. The molecule has 2 heterocycles. The van der Waals surface area contributed by atoms with Gasteiger partial charge < -0.3 is 9.15 Å². The number of tetrazole rings is 1. The Balaban J connectivity index is 1.57. The first-order chi connectivity index (χ1) is 15.1. The lowest BCUT2D eigenvalue weighted by Crippen LogP contribution is -2.03. The van der Waals surface area contributed by atoms with Crippen molar-refractivity contribution in [1.82, 2.24) is 20.2 Å². The topological polar surface area (TPSA) is 83.0 Å². The predicted octanol–water partition coefficient (Wildman–Crippen LogP) is 4.53. The zero-order valence-electron chi connectivity index (χ0n) is 16.9. The smallest absolute Gasteiger partial charge is 0.336 e. The molecule has 5 rings (SSSR count). The van der Waals surface area contributed by atoms with Gasteiger partial charge in [0, 0.05) is 17.2 Å². The van der Waals surface area contributed by atoms with E-state index in [4.69, 9.17) is 9.15 Å². The number of ether oxygens (including phenoxy) is 1. The Hall–Kier alpha value is -3.65. The standard InChI is InChI=1S/C23H18N4O3S/c1-14-7-9-19(29-2)18(11-14)27-23(24-25-26-27)31-13-16-12-21(28)30-20-10-8-15-5-3-4-6-17(15)22(16)20/h3-12H,13H2,1-2H3. The third-order valence-electron chi connectivity index (χ3n) is 5.07. The molecule has 5 aromatic rings. The average molecular weight is 430 g/mol. The Morgan fingerprint density at radius 2 is 1.97 bits per heavy atom. The maximum Gasteiger partial charge on any atom is 0.336 e. The fourth-order valence-corrected chi connectivity index (χ4v) is 4.53. The van der Waals surface area contributed by atoms with Crippen LogP contribution in [0.2, 0.25) is 0 Å². The molecule has 0 spiro atoms. The summed E-state index contributed by atoms with van der Waals surface area (Å²) in [5.74, 6) is 1.18. The summed E-state index contributed by atoms with van der Waals surface area (Å²) in [7, 11) is 1.62. The lowest BCUT2D eigenvalue weighted by Gasteiger charge is -2.11. The Morgan fingerprint density at radius 1 is 1.10 bits per heavy atom. The second-order valence-corrected chi connectivity index (χ2v) is 8.03. The highest BCUT2D eigenvalue weighted by Crippen LogP contribution is 2.32. The van der Waals surface area contributed by atoms with Crippen molar-refractivity contribution in [3.8, 4) is 11.4 Å². The molecular formula is C23H18N4O3S. The summed E-state index contributed by atoms with van der Waals surface area (Å²) < 4.78 is 12.6. The second-order valence-electron chi connectivity index (χ2n) is 7.09. The number of aryl methyl sites for hydroxylation is 1. The predicted molar refractivity (Wildman–Crippen MR) is 120 cm³/mol. The van der Waals surface area contributed by atoms with Crippen LogP contribution >= 0.6 is 11.8 Å². The van der Waals surface area contributed by atoms with Crippen LogP contribution in [0.3, 0.4) is 0 Å². The molecular weight excluding hydrogens is 412 g/mol. The van der Waals surface area contributed by atoms with Crippen molar-refractivity contribution < 1.29 is 9.15 Å². The van der Waals surface area contributed by atoms with E-state index >= 15 is 0 Å². The van der Waals surface area contributed by atoms with E-state index in [1.54, 1.807) is 17.9 Å². The van der Waals surface area contributed by atoms with Crippen LogP contribution in [0.4, 0.5) is 0 Å². The van der Waals surface area contributed by atoms with Crippen molar-refractivity contribution in [2.75, 3.05) is 7.11 Å². The van der Waals surface area contributed by atoms with Crippen LogP contribution in [-0.2, 0) is 5.75 Å². The van der Waals surface area contributed by atoms with Gasteiger partial charge in [-0.3, -0.25) is 0 Å². The fraction of sp³-hybridized carbons (Fsp3) is 0.130. The van der Waals surface area contributed by atoms with E-state index in [0.717, 1.165) is 33.0 Å². The number of thioether (sulfide) groups is 1. The van der Waals surface area contributed by atoms with E-state index in [-0.39, 0.29) is 5.63 Å². The van der Waals surface area contributed by atoms with Crippen molar-refractivity contribution in [2.45, 2.75) is 17.8 Å². The average Bonchev–Trinajstić information content (AvgIpc) is 3.25. The molecule has 8 heteroatoms. The van der Waals surface area contributed by atoms with Crippen molar-refractivity contribution in [3.63, 3.8) is 0 Å². The van der Waals surface area contributed by atoms with Crippen molar-refractivity contribution >= 4 is 33.5 Å². The molecule has 7 nitrogen and oxygen atoms in total. The minimum atomic E-state index is -0.377. The number of hydrogen-bond acceptors (Lipinski definition) is 7. The van der Waals surface area contributed by atoms with Gasteiger partial charge in [-0.1, -0.05) is 48.2 Å². The summed E-state index contributed by atoms with van der Waals surface area (Å²) in [5, 5.41) is 15.8. The van der Waals surface area contributed by atoms with E-state index in [1.165, 1.54) is 11.8 Å². The largest absolute Gasteiger partial charge is 0.494 e. The summed E-state index contributed by atoms with van der Waals surface area (Å²) in [6.07, 6.45) is 0. The Labute approximate surface area is 181 Å². The monoisotopic (exact) mass is 430 g/mol. The highest BCUT2D eigenvalue weighted by molar-refractivity contribution is 7.98. The Bertz CT molecular complexity index is 1480. The summed E-state index contributed by atoms with van der Waals surface area (Å²) in [4.78, 5) is 12.2. The van der Waals surface area contributed by atoms with Crippen LogP contribution < -0.4 is 10.4 Å². The summed E-state index contributed by atoms with van der Waals surface area (Å²) in [6, 6.07) is 19.2. The number of benzene rings is 3. The van der Waals surface area contributed by atoms with Gasteiger partial charge in [-0.15, -0.1) is 5.10 Å². The van der Waals surface area contributed by atoms with E-state index in [1.807, 2.05) is 61.5 Å². The minimum absolute atomic E-state index is 0.377. The van der Waals surface area contributed by atoms with Gasteiger partial charge in [0.25, 0.3) is 0 Å². The van der Waals surface area contributed by atoms with Crippen LogP contribution in [0.5, 0.6) is 5.75 Å². The van der Waals surface area contributed by atoms with E-state index in [2.05, 4.69) is 15.5 Å². The minimum Gasteiger partial charge on any atom is -0.494 e. The third-order valence-corrected chi connectivity index (χ3v) is 6.04. The molecule has 0 saturated heterocycles. The first-order valence-corrected chi connectivity index (χ1v) is 10.6. The molecule has 0 aliphatic heterocycles. The van der Waals surface area contributed by atoms with Crippen LogP contribution in [0, 0.1) is 6.92 Å². The molecule has 0 aliphatic rings. The van der Waals surface area contributed by atoms with Crippen LogP contribution in [-0.4, -0.2) is 27.3 Å². The molecule has 0 atom stereocenters. The first-order valence-electron chi connectivity index (χ1n) is 9.65. The van der Waals surface area contributed by atoms with Gasteiger partial charge in [0.2, 0.25) is 5.16 Å². The zero-order valence-corrected chi connectivity index (χ0v) is 17.7. The van der Waals surface area contributed by atoms with Gasteiger partial charge in [-0.25, -0.2) is 4.79 Å². The highest BCUT2D eigenvalue weighted by atomic mass is 32.2. The molecule has 3 aromatic carbocycles. The van der Waals surface area contributed by atoms with Gasteiger partial charge in [-0.05, 0) is 57.4 Å². The molecule has 0 amide bonds. The van der Waals surface area contributed by atoms with Gasteiger partial charge in [0.15, 0.2) is 0 Å². The fourth-order valence-electron chi connectivity index (χ4n) is 3.66. The Morgan fingerprint density at radius 3 is 2.84 bits per heavy atom. The first kappa shape index (κ1) is 19.3. The molecule has 0 aliphatic carbocycles.